The van der Waals surface area contributed by atoms with Gasteiger partial charge in [0.25, 0.3) is 0 Å². The van der Waals surface area contributed by atoms with E-state index in [2.05, 4.69) is 24.3 Å². The monoisotopic (exact) mass is 792 g/mol. The van der Waals surface area contributed by atoms with Crippen molar-refractivity contribution in [2.75, 3.05) is 52.5 Å². The van der Waals surface area contributed by atoms with Crippen molar-refractivity contribution in [3.8, 4) is 11.1 Å². The molecule has 11 nitrogen and oxygen atoms in total. The first kappa shape index (κ1) is 40.6. The van der Waals surface area contributed by atoms with Crippen LogP contribution in [0.4, 0.5) is 4.79 Å². The van der Waals surface area contributed by atoms with Crippen molar-refractivity contribution < 1.29 is 43.8 Å². The Hall–Kier alpha value is -4.17. The van der Waals surface area contributed by atoms with E-state index in [0.29, 0.717) is 52.1 Å². The number of rotatable bonds is 14. The first-order chi connectivity index (χ1) is 28.4. The molecule has 11 heteroatoms. The summed E-state index contributed by atoms with van der Waals surface area (Å²) in [5, 5.41) is 34.4. The average molecular weight is 793 g/mol. The second-order valence-corrected chi connectivity index (χ2v) is 16.1. The van der Waals surface area contributed by atoms with Crippen LogP contribution < -0.4 is 0 Å². The van der Waals surface area contributed by atoms with Gasteiger partial charge in [-0.25, -0.2) is 4.79 Å². The van der Waals surface area contributed by atoms with Crippen LogP contribution in [0.5, 0.6) is 0 Å². The Bertz CT molecular complexity index is 1860. The van der Waals surface area contributed by atoms with Gasteiger partial charge in [-0.2, -0.15) is 0 Å². The van der Waals surface area contributed by atoms with Crippen molar-refractivity contribution in [2.24, 2.45) is 5.92 Å². The number of benzene rings is 4. The van der Waals surface area contributed by atoms with E-state index in [4.69, 9.17) is 23.7 Å². The highest BCUT2D eigenvalue weighted by Crippen LogP contribution is 2.44. The first-order valence-corrected chi connectivity index (χ1v) is 20.9. The summed E-state index contributed by atoms with van der Waals surface area (Å²) in [6.07, 6.45) is -2.24. The molecule has 0 saturated carbocycles. The van der Waals surface area contributed by atoms with Gasteiger partial charge in [0.1, 0.15) is 12.7 Å². The summed E-state index contributed by atoms with van der Waals surface area (Å²) in [6.45, 7) is 3.33. The quantitative estimate of drug-likeness (QED) is 0.131. The van der Waals surface area contributed by atoms with Crippen molar-refractivity contribution in [1.82, 2.24) is 9.80 Å². The van der Waals surface area contributed by atoms with E-state index in [1.54, 1.807) is 4.90 Å². The van der Waals surface area contributed by atoms with Crippen LogP contribution in [-0.4, -0.2) is 114 Å². The number of piperidine rings is 1. The van der Waals surface area contributed by atoms with E-state index >= 15 is 0 Å². The Morgan fingerprint density at radius 2 is 1.28 bits per heavy atom. The van der Waals surface area contributed by atoms with Crippen molar-refractivity contribution in [3.63, 3.8) is 0 Å². The molecular weight excluding hydrogens is 737 g/mol. The molecule has 4 aliphatic rings. The lowest BCUT2D eigenvalue weighted by Gasteiger charge is -2.38. The SMILES string of the molecule is O=C(OCC1c2ccccc2-c2ccccc21)N1CCC(CN(C[C@H](O)C[C@H]2CCOC(c3ccccc3)O2)C[C@H](O)[C@@H](O)[C@H]2CCOC(c3ccccc3)O2)CC1. The molecule has 4 aromatic carbocycles. The zero-order valence-electron chi connectivity index (χ0n) is 33.0. The van der Waals surface area contributed by atoms with E-state index < -0.39 is 37.0 Å². The smallest absolute Gasteiger partial charge is 0.409 e. The number of amides is 1. The lowest BCUT2D eigenvalue weighted by atomic mass is 9.95. The highest BCUT2D eigenvalue weighted by atomic mass is 16.7. The summed E-state index contributed by atoms with van der Waals surface area (Å²) < 4.78 is 30.1. The number of nitrogens with zero attached hydrogens (tertiary/aromatic N) is 2. The Morgan fingerprint density at radius 3 is 1.91 bits per heavy atom. The van der Waals surface area contributed by atoms with Crippen LogP contribution in [0.2, 0.25) is 0 Å². The molecule has 0 bridgehead atoms. The molecule has 308 valence electrons. The maximum Gasteiger partial charge on any atom is 0.409 e. The van der Waals surface area contributed by atoms with Crippen molar-refractivity contribution in [2.45, 2.75) is 81.1 Å². The zero-order chi connectivity index (χ0) is 39.8. The summed E-state index contributed by atoms with van der Waals surface area (Å²) in [5.74, 6) is 0.208. The summed E-state index contributed by atoms with van der Waals surface area (Å²) in [4.78, 5) is 17.2. The summed E-state index contributed by atoms with van der Waals surface area (Å²) in [6, 6.07) is 36.0. The highest BCUT2D eigenvalue weighted by molar-refractivity contribution is 5.79. The molecule has 3 fully saturated rings. The molecule has 0 aromatic heterocycles. The fourth-order valence-electron chi connectivity index (χ4n) is 9.01. The Kier molecular flexibility index (Phi) is 13.5. The second kappa shape index (κ2) is 19.3. The van der Waals surface area contributed by atoms with Gasteiger partial charge in [0.15, 0.2) is 12.6 Å². The third kappa shape index (κ3) is 9.81. The maximum atomic E-state index is 13.4. The molecule has 1 amide bonds. The number of carbonyl (C=O) groups is 1. The minimum Gasteiger partial charge on any atom is -0.448 e. The molecule has 58 heavy (non-hydrogen) atoms. The predicted octanol–water partition coefficient (Wildman–Crippen LogP) is 6.43. The number of fused-ring (bicyclic) bond motifs is 3. The first-order valence-electron chi connectivity index (χ1n) is 20.9. The summed E-state index contributed by atoms with van der Waals surface area (Å²) in [7, 11) is 0. The van der Waals surface area contributed by atoms with E-state index in [9.17, 15) is 20.1 Å². The molecule has 0 spiro atoms. The predicted molar refractivity (Wildman–Crippen MR) is 218 cm³/mol. The van der Waals surface area contributed by atoms with E-state index in [-0.39, 0.29) is 43.7 Å². The zero-order valence-corrected chi connectivity index (χ0v) is 33.0. The Labute approximate surface area is 341 Å². The lowest BCUT2D eigenvalue weighted by molar-refractivity contribution is -0.247. The van der Waals surface area contributed by atoms with Gasteiger partial charge >= 0.3 is 6.09 Å². The summed E-state index contributed by atoms with van der Waals surface area (Å²) >= 11 is 0. The van der Waals surface area contributed by atoms with Crippen LogP contribution in [0.1, 0.15) is 72.9 Å². The average Bonchev–Trinajstić information content (AvgIpc) is 3.59. The fraction of sp³-hybridized carbons (Fsp3) is 0.468. The number of ether oxygens (including phenoxy) is 5. The number of hydrogen-bond donors (Lipinski definition) is 3. The number of hydrogen-bond acceptors (Lipinski definition) is 10. The molecule has 0 radical (unpaired) electrons. The number of likely N-dealkylation sites (tertiary alicyclic amines) is 1. The van der Waals surface area contributed by atoms with E-state index in [0.717, 1.165) is 24.0 Å². The second-order valence-electron chi connectivity index (χ2n) is 16.1. The van der Waals surface area contributed by atoms with Crippen LogP contribution in [0, 0.1) is 5.92 Å². The van der Waals surface area contributed by atoms with Gasteiger partial charge in [0, 0.05) is 56.2 Å². The van der Waals surface area contributed by atoms with Gasteiger partial charge in [-0.15, -0.1) is 0 Å². The van der Waals surface area contributed by atoms with Crippen LogP contribution in [0.15, 0.2) is 109 Å². The van der Waals surface area contributed by atoms with Crippen LogP contribution >= 0.6 is 0 Å². The molecule has 4 aromatic rings. The molecule has 8 rings (SSSR count). The lowest BCUT2D eigenvalue weighted by Crippen LogP contribution is -2.50. The molecule has 3 N–H and O–H groups in total. The van der Waals surface area contributed by atoms with Gasteiger partial charge in [-0.05, 0) is 53.9 Å². The molecule has 3 saturated heterocycles. The number of carbonyl (C=O) groups excluding carboxylic acids is 1. The van der Waals surface area contributed by atoms with Gasteiger partial charge in [0.05, 0.1) is 37.6 Å². The molecule has 7 atom stereocenters. The van der Waals surface area contributed by atoms with Crippen LogP contribution in [0.25, 0.3) is 11.1 Å². The fourth-order valence-corrected chi connectivity index (χ4v) is 9.01. The van der Waals surface area contributed by atoms with Gasteiger partial charge in [-0.1, -0.05) is 109 Å². The molecule has 3 heterocycles. The van der Waals surface area contributed by atoms with Gasteiger partial charge < -0.3 is 43.9 Å². The van der Waals surface area contributed by atoms with Gasteiger partial charge in [0.2, 0.25) is 0 Å². The van der Waals surface area contributed by atoms with Crippen molar-refractivity contribution in [1.29, 1.82) is 0 Å². The number of aliphatic hydroxyl groups is 3. The Morgan fingerprint density at radius 1 is 0.707 bits per heavy atom. The largest absolute Gasteiger partial charge is 0.448 e. The highest BCUT2D eigenvalue weighted by Gasteiger charge is 2.36. The van der Waals surface area contributed by atoms with Gasteiger partial charge in [-0.3, -0.25) is 4.90 Å². The van der Waals surface area contributed by atoms with E-state index in [1.165, 1.54) is 22.3 Å². The molecular formula is C47H56N2O9. The standard InChI is InChI=1S/C47H56N2O9/c50-35(27-36-21-25-54-45(57-36)33-11-3-1-4-12-33)29-48(30-42(51)44(52)43-22-26-55-46(58-43)34-13-5-2-6-14-34)28-32-19-23-49(24-20-32)47(53)56-31-41-39-17-9-7-15-37(39)38-16-8-10-18-40(38)41/h1-18,32,35-36,41-46,50-52H,19-31H2/t35-,36-,42+,43-,44-,45?,46?/m1/s1. The van der Waals surface area contributed by atoms with Crippen LogP contribution in [0.3, 0.4) is 0 Å². The minimum atomic E-state index is -1.16. The van der Waals surface area contributed by atoms with E-state index in [1.807, 2.05) is 89.8 Å². The van der Waals surface area contributed by atoms with Crippen LogP contribution in [-0.2, 0) is 23.7 Å². The third-order valence-corrected chi connectivity index (χ3v) is 12.1. The molecule has 2 unspecified atom stereocenters. The normalized spacial score (nSPS) is 24.2. The molecule has 3 aliphatic heterocycles. The van der Waals surface area contributed by atoms with Crippen molar-refractivity contribution in [3.05, 3.63) is 131 Å². The minimum absolute atomic E-state index is 0.00201. The maximum absolute atomic E-state index is 13.4. The third-order valence-electron chi connectivity index (χ3n) is 12.1. The number of aliphatic hydroxyl groups excluding tert-OH is 3. The van der Waals surface area contributed by atoms with Crippen molar-refractivity contribution >= 4 is 6.09 Å². The summed E-state index contributed by atoms with van der Waals surface area (Å²) in [5.41, 5.74) is 6.55. The topological polar surface area (TPSA) is 130 Å². The Balaban J connectivity index is 0.873. The molecule has 1 aliphatic carbocycles.